The summed E-state index contributed by atoms with van der Waals surface area (Å²) in [6, 6.07) is 4.12. The van der Waals surface area contributed by atoms with Crippen LogP contribution < -0.4 is 0 Å². The molecule has 1 aromatic carbocycles. The molecule has 0 fully saturated rings. The van der Waals surface area contributed by atoms with E-state index in [1.165, 1.54) is 51.4 Å². The summed E-state index contributed by atoms with van der Waals surface area (Å²) in [5.74, 6) is 1.10. The summed E-state index contributed by atoms with van der Waals surface area (Å²) in [5.41, 5.74) is 2.66. The Balaban J connectivity index is 2.30. The van der Waals surface area contributed by atoms with Crippen LogP contribution in [0.2, 0.25) is 0 Å². The molecular formula is C31H54O3. The van der Waals surface area contributed by atoms with Crippen molar-refractivity contribution in [3.63, 3.8) is 0 Å². The predicted octanol–water partition coefficient (Wildman–Crippen LogP) is 9.02. The number of rotatable bonds is 15. The molecule has 0 aromatic heterocycles. The minimum absolute atomic E-state index is 0.121. The molecule has 3 nitrogen and oxygen atoms in total. The second-order valence-corrected chi connectivity index (χ2v) is 12.6. The van der Waals surface area contributed by atoms with E-state index in [2.05, 4.69) is 67.5 Å². The van der Waals surface area contributed by atoms with Crippen molar-refractivity contribution in [1.82, 2.24) is 0 Å². The smallest absolute Gasteiger partial charge is 0.306 e. The van der Waals surface area contributed by atoms with Gasteiger partial charge in [-0.05, 0) is 46.3 Å². The average molecular weight is 475 g/mol. The van der Waals surface area contributed by atoms with E-state index < -0.39 is 0 Å². The number of phenolic OH excluding ortho intramolecular Hbond substituents is 1. The van der Waals surface area contributed by atoms with Gasteiger partial charge in [0.25, 0.3) is 0 Å². The molecule has 1 aromatic rings. The van der Waals surface area contributed by atoms with Gasteiger partial charge in [-0.15, -0.1) is 0 Å². The standard InChI is InChI=1S/C31H54O3/c1-24(2)18-16-14-12-10-9-11-13-15-17-21-34-28(32)20-19-25-22-26(30(3,4)5)29(33)27(23-25)31(6,7)8/h22-24,33H,9-21H2,1-8H3. The molecule has 0 aliphatic rings. The third-order valence-electron chi connectivity index (χ3n) is 6.59. The lowest BCUT2D eigenvalue weighted by molar-refractivity contribution is -0.143. The lowest BCUT2D eigenvalue weighted by Gasteiger charge is -2.28. The molecule has 0 unspecified atom stereocenters. The number of aromatic hydroxyl groups is 1. The lowest BCUT2D eigenvalue weighted by atomic mass is 9.78. The lowest BCUT2D eigenvalue weighted by Crippen LogP contribution is -2.18. The highest BCUT2D eigenvalue weighted by atomic mass is 16.5. The molecule has 0 bridgehead atoms. The van der Waals surface area contributed by atoms with Crippen molar-refractivity contribution < 1.29 is 14.6 Å². The van der Waals surface area contributed by atoms with Gasteiger partial charge in [0.05, 0.1) is 6.61 Å². The van der Waals surface area contributed by atoms with Crippen molar-refractivity contribution in [3.05, 3.63) is 28.8 Å². The fraction of sp³-hybridized carbons (Fsp3) is 0.774. The van der Waals surface area contributed by atoms with Crippen LogP contribution in [-0.4, -0.2) is 17.7 Å². The van der Waals surface area contributed by atoms with Crippen molar-refractivity contribution in [3.8, 4) is 5.75 Å². The van der Waals surface area contributed by atoms with Crippen LogP contribution in [0.3, 0.4) is 0 Å². The molecule has 0 heterocycles. The summed E-state index contributed by atoms with van der Waals surface area (Å²) in [6.07, 6.45) is 13.9. The van der Waals surface area contributed by atoms with E-state index in [1.807, 2.05) is 0 Å². The molecule has 0 spiro atoms. The fourth-order valence-electron chi connectivity index (χ4n) is 4.38. The molecule has 0 aliphatic heterocycles. The highest BCUT2D eigenvalue weighted by Gasteiger charge is 2.26. The molecule has 0 amide bonds. The number of carbonyl (C=O) groups excluding carboxylic acids is 1. The van der Waals surface area contributed by atoms with Crippen molar-refractivity contribution >= 4 is 5.97 Å². The summed E-state index contributed by atoms with van der Waals surface area (Å²) < 4.78 is 5.49. The second-order valence-electron chi connectivity index (χ2n) is 12.6. The molecule has 0 radical (unpaired) electrons. The average Bonchev–Trinajstić information content (AvgIpc) is 2.71. The minimum Gasteiger partial charge on any atom is -0.507 e. The van der Waals surface area contributed by atoms with Gasteiger partial charge in [-0.3, -0.25) is 4.79 Å². The zero-order valence-electron chi connectivity index (χ0n) is 23.7. The van der Waals surface area contributed by atoms with Crippen molar-refractivity contribution in [2.45, 2.75) is 143 Å². The van der Waals surface area contributed by atoms with Crippen molar-refractivity contribution in [2.75, 3.05) is 6.61 Å². The first-order valence-corrected chi connectivity index (χ1v) is 13.8. The van der Waals surface area contributed by atoms with Crippen LogP contribution in [0.5, 0.6) is 5.75 Å². The summed E-state index contributed by atoms with van der Waals surface area (Å²) in [4.78, 5) is 12.3. The maximum atomic E-state index is 12.3. The minimum atomic E-state index is -0.158. The van der Waals surface area contributed by atoms with Crippen LogP contribution in [0.1, 0.15) is 143 Å². The maximum Gasteiger partial charge on any atom is 0.306 e. The summed E-state index contributed by atoms with van der Waals surface area (Å²) >= 11 is 0. The Morgan fingerprint density at radius 3 is 1.68 bits per heavy atom. The Morgan fingerprint density at radius 2 is 1.24 bits per heavy atom. The van der Waals surface area contributed by atoms with E-state index in [0.29, 0.717) is 25.2 Å². The van der Waals surface area contributed by atoms with E-state index >= 15 is 0 Å². The Bertz CT molecular complexity index is 684. The normalized spacial score (nSPS) is 12.4. The van der Waals surface area contributed by atoms with Crippen LogP contribution in [0.25, 0.3) is 0 Å². The van der Waals surface area contributed by atoms with Gasteiger partial charge in [-0.25, -0.2) is 0 Å². The van der Waals surface area contributed by atoms with Gasteiger partial charge in [0.15, 0.2) is 0 Å². The van der Waals surface area contributed by atoms with Crippen molar-refractivity contribution in [2.24, 2.45) is 5.92 Å². The summed E-state index contributed by atoms with van der Waals surface area (Å²) in [7, 11) is 0. The van der Waals surface area contributed by atoms with Crippen LogP contribution in [0, 0.1) is 5.92 Å². The number of hydrogen-bond acceptors (Lipinski definition) is 3. The number of benzene rings is 1. The Morgan fingerprint density at radius 1 is 0.794 bits per heavy atom. The number of unbranched alkanes of at least 4 members (excludes halogenated alkanes) is 8. The Labute approximate surface area is 211 Å². The number of phenols is 1. The maximum absolute atomic E-state index is 12.3. The summed E-state index contributed by atoms with van der Waals surface area (Å²) in [6.45, 7) is 17.8. The van der Waals surface area contributed by atoms with Crippen LogP contribution in [0.15, 0.2) is 12.1 Å². The highest BCUT2D eigenvalue weighted by molar-refractivity contribution is 5.69. The van der Waals surface area contributed by atoms with Gasteiger partial charge in [0.1, 0.15) is 5.75 Å². The first kappa shape index (κ1) is 30.5. The fourth-order valence-corrected chi connectivity index (χ4v) is 4.38. The number of esters is 1. The first-order chi connectivity index (χ1) is 15.8. The van der Waals surface area contributed by atoms with E-state index in [-0.39, 0.29) is 16.8 Å². The van der Waals surface area contributed by atoms with Gasteiger partial charge in [-0.2, -0.15) is 0 Å². The SMILES string of the molecule is CC(C)CCCCCCCCCCCOC(=O)CCc1cc(C(C)(C)C)c(O)c(C(C)(C)C)c1. The second kappa shape index (κ2) is 14.8. The zero-order chi connectivity index (χ0) is 25.8. The molecule has 0 aliphatic carbocycles. The Hall–Kier alpha value is -1.51. The first-order valence-electron chi connectivity index (χ1n) is 13.8. The van der Waals surface area contributed by atoms with Crippen molar-refractivity contribution in [1.29, 1.82) is 0 Å². The van der Waals surface area contributed by atoms with E-state index in [1.54, 1.807) is 0 Å². The topological polar surface area (TPSA) is 46.5 Å². The van der Waals surface area contributed by atoms with Gasteiger partial charge in [0.2, 0.25) is 0 Å². The largest absolute Gasteiger partial charge is 0.507 e. The molecule has 1 rings (SSSR count). The number of carbonyl (C=O) groups is 1. The number of aryl methyl sites for hydroxylation is 1. The molecule has 0 saturated carbocycles. The van der Waals surface area contributed by atoms with Crippen LogP contribution >= 0.6 is 0 Å². The number of hydrogen-bond donors (Lipinski definition) is 1. The molecular weight excluding hydrogens is 420 g/mol. The van der Waals surface area contributed by atoms with Gasteiger partial charge >= 0.3 is 5.97 Å². The molecule has 3 heteroatoms. The monoisotopic (exact) mass is 474 g/mol. The van der Waals surface area contributed by atoms with Crippen LogP contribution in [-0.2, 0) is 26.8 Å². The predicted molar refractivity (Wildman–Crippen MR) is 146 cm³/mol. The third-order valence-corrected chi connectivity index (χ3v) is 6.59. The third kappa shape index (κ3) is 12.3. The van der Waals surface area contributed by atoms with Crippen LogP contribution in [0.4, 0.5) is 0 Å². The van der Waals surface area contributed by atoms with E-state index in [0.717, 1.165) is 35.4 Å². The summed E-state index contributed by atoms with van der Waals surface area (Å²) in [5, 5.41) is 10.9. The Kier molecular flexibility index (Phi) is 13.3. The molecule has 34 heavy (non-hydrogen) atoms. The number of ether oxygens (including phenoxy) is 1. The van der Waals surface area contributed by atoms with Gasteiger partial charge in [0, 0.05) is 6.42 Å². The van der Waals surface area contributed by atoms with Gasteiger partial charge < -0.3 is 9.84 Å². The molecule has 196 valence electrons. The quantitative estimate of drug-likeness (QED) is 0.204. The molecule has 0 atom stereocenters. The van der Waals surface area contributed by atoms with E-state index in [4.69, 9.17) is 4.74 Å². The highest BCUT2D eigenvalue weighted by Crippen LogP contribution is 2.40. The molecule has 1 N–H and O–H groups in total. The van der Waals surface area contributed by atoms with E-state index in [9.17, 15) is 9.90 Å². The van der Waals surface area contributed by atoms with Gasteiger partial charge in [-0.1, -0.05) is 125 Å². The zero-order valence-corrected chi connectivity index (χ0v) is 23.7. The molecule has 0 saturated heterocycles.